The predicted molar refractivity (Wildman–Crippen MR) is 57.2 cm³/mol. The summed E-state index contributed by atoms with van der Waals surface area (Å²) in [4.78, 5) is 13.7. The molecule has 0 aliphatic carbocycles. The molecule has 0 spiro atoms. The SMILES string of the molecule is O=c1cc(C(F)F)c2cccc(Br)c2[nH]1. The van der Waals surface area contributed by atoms with Gasteiger partial charge in [-0.3, -0.25) is 4.79 Å². The molecule has 78 valence electrons. The van der Waals surface area contributed by atoms with Crippen LogP contribution in [0, 0.1) is 0 Å². The summed E-state index contributed by atoms with van der Waals surface area (Å²) >= 11 is 3.20. The van der Waals surface area contributed by atoms with Crippen LogP contribution >= 0.6 is 15.9 Å². The summed E-state index contributed by atoms with van der Waals surface area (Å²) < 4.78 is 25.9. The van der Waals surface area contributed by atoms with Crippen molar-refractivity contribution in [3.05, 3.63) is 44.7 Å². The quantitative estimate of drug-likeness (QED) is 0.850. The Hall–Kier alpha value is -1.23. The molecule has 1 aromatic carbocycles. The highest BCUT2D eigenvalue weighted by molar-refractivity contribution is 9.10. The third-order valence-electron chi connectivity index (χ3n) is 2.09. The van der Waals surface area contributed by atoms with Crippen molar-refractivity contribution in [2.75, 3.05) is 0 Å². The molecule has 2 rings (SSSR count). The maximum atomic E-state index is 12.6. The first-order chi connectivity index (χ1) is 7.09. The van der Waals surface area contributed by atoms with E-state index in [-0.39, 0.29) is 5.56 Å². The molecule has 2 nitrogen and oxygen atoms in total. The van der Waals surface area contributed by atoms with E-state index < -0.39 is 12.0 Å². The van der Waals surface area contributed by atoms with E-state index in [1.807, 2.05) is 0 Å². The number of pyridine rings is 1. The largest absolute Gasteiger partial charge is 0.321 e. The summed E-state index contributed by atoms with van der Waals surface area (Å²) in [6.45, 7) is 0. The van der Waals surface area contributed by atoms with Gasteiger partial charge in [0.15, 0.2) is 0 Å². The van der Waals surface area contributed by atoms with Gasteiger partial charge in [0.05, 0.1) is 5.52 Å². The smallest absolute Gasteiger partial charge is 0.264 e. The number of alkyl halides is 2. The van der Waals surface area contributed by atoms with Crippen LogP contribution in [0.5, 0.6) is 0 Å². The first-order valence-electron chi connectivity index (χ1n) is 4.19. The molecule has 0 bridgehead atoms. The Kier molecular flexibility index (Phi) is 2.56. The fourth-order valence-corrected chi connectivity index (χ4v) is 1.92. The number of H-pyrrole nitrogens is 1. The molecule has 0 aliphatic heterocycles. The molecule has 0 atom stereocenters. The highest BCUT2D eigenvalue weighted by Gasteiger charge is 2.13. The van der Waals surface area contributed by atoms with Gasteiger partial charge >= 0.3 is 0 Å². The number of benzene rings is 1. The van der Waals surface area contributed by atoms with Crippen molar-refractivity contribution >= 4 is 26.8 Å². The van der Waals surface area contributed by atoms with Gasteiger partial charge in [-0.15, -0.1) is 0 Å². The number of halogens is 3. The van der Waals surface area contributed by atoms with Crippen LogP contribution in [-0.4, -0.2) is 4.98 Å². The second kappa shape index (κ2) is 3.73. The van der Waals surface area contributed by atoms with Crippen LogP contribution in [0.1, 0.15) is 12.0 Å². The van der Waals surface area contributed by atoms with E-state index in [2.05, 4.69) is 20.9 Å². The van der Waals surface area contributed by atoms with E-state index in [9.17, 15) is 13.6 Å². The van der Waals surface area contributed by atoms with Crippen molar-refractivity contribution < 1.29 is 8.78 Å². The maximum absolute atomic E-state index is 12.6. The van der Waals surface area contributed by atoms with Crippen LogP contribution in [0.2, 0.25) is 0 Å². The summed E-state index contributed by atoms with van der Waals surface area (Å²) in [5.41, 5.74) is -0.361. The van der Waals surface area contributed by atoms with Crippen molar-refractivity contribution in [3.8, 4) is 0 Å². The lowest BCUT2D eigenvalue weighted by Gasteiger charge is -2.05. The van der Waals surface area contributed by atoms with Gasteiger partial charge in [0.2, 0.25) is 5.56 Å². The molecule has 1 heterocycles. The number of rotatable bonds is 1. The summed E-state index contributed by atoms with van der Waals surface area (Å²) in [5, 5.41) is 0.360. The molecule has 0 saturated carbocycles. The van der Waals surface area contributed by atoms with Crippen LogP contribution in [0.3, 0.4) is 0 Å². The molecule has 15 heavy (non-hydrogen) atoms. The van der Waals surface area contributed by atoms with Crippen molar-refractivity contribution in [1.82, 2.24) is 4.98 Å². The van der Waals surface area contributed by atoms with Crippen molar-refractivity contribution in [1.29, 1.82) is 0 Å². The van der Waals surface area contributed by atoms with E-state index >= 15 is 0 Å². The Morgan fingerprint density at radius 3 is 2.73 bits per heavy atom. The molecular formula is C10H6BrF2NO. The second-order valence-electron chi connectivity index (χ2n) is 3.05. The number of nitrogens with one attached hydrogen (secondary N) is 1. The first kappa shape index (κ1) is 10.3. The standard InChI is InChI=1S/C10H6BrF2NO/c11-7-3-1-2-5-6(10(12)13)4-8(15)14-9(5)7/h1-4,10H,(H,14,15). The molecule has 0 unspecified atom stereocenters. The highest BCUT2D eigenvalue weighted by atomic mass is 79.9. The fourth-order valence-electron chi connectivity index (χ4n) is 1.45. The van der Waals surface area contributed by atoms with Gasteiger partial charge in [0.25, 0.3) is 6.43 Å². The number of aromatic amines is 1. The topological polar surface area (TPSA) is 32.9 Å². The minimum Gasteiger partial charge on any atom is -0.321 e. The van der Waals surface area contributed by atoms with E-state index in [1.165, 1.54) is 0 Å². The molecule has 1 aromatic heterocycles. The van der Waals surface area contributed by atoms with Gasteiger partial charge in [0.1, 0.15) is 0 Å². The third kappa shape index (κ3) is 1.79. The Morgan fingerprint density at radius 1 is 1.33 bits per heavy atom. The minimum absolute atomic E-state index is 0.241. The number of hydrogen-bond acceptors (Lipinski definition) is 1. The lowest BCUT2D eigenvalue weighted by atomic mass is 10.1. The van der Waals surface area contributed by atoms with Gasteiger partial charge in [-0.05, 0) is 22.0 Å². The van der Waals surface area contributed by atoms with Crippen LogP contribution in [0.15, 0.2) is 33.5 Å². The zero-order valence-corrected chi connectivity index (χ0v) is 9.01. The summed E-state index contributed by atoms with van der Waals surface area (Å²) in [6.07, 6.45) is -2.65. The fraction of sp³-hybridized carbons (Fsp3) is 0.100. The molecule has 2 aromatic rings. The van der Waals surface area contributed by atoms with Gasteiger partial charge in [0, 0.05) is 21.5 Å². The molecule has 0 amide bonds. The molecule has 0 fully saturated rings. The number of fused-ring (bicyclic) bond motifs is 1. The zero-order valence-electron chi connectivity index (χ0n) is 7.43. The monoisotopic (exact) mass is 273 g/mol. The van der Waals surface area contributed by atoms with Gasteiger partial charge in [-0.1, -0.05) is 12.1 Å². The Bertz CT molecular complexity index is 565. The second-order valence-corrected chi connectivity index (χ2v) is 3.91. The van der Waals surface area contributed by atoms with Gasteiger partial charge in [-0.2, -0.15) is 0 Å². The van der Waals surface area contributed by atoms with Gasteiger partial charge in [-0.25, -0.2) is 8.78 Å². The first-order valence-corrected chi connectivity index (χ1v) is 4.98. The van der Waals surface area contributed by atoms with E-state index in [1.54, 1.807) is 18.2 Å². The molecule has 0 aliphatic rings. The summed E-state index contributed by atoms with van der Waals surface area (Å²) in [5.74, 6) is 0. The average molecular weight is 274 g/mol. The van der Waals surface area contributed by atoms with Crippen LogP contribution in [0.25, 0.3) is 10.9 Å². The minimum atomic E-state index is -2.65. The lowest BCUT2D eigenvalue weighted by molar-refractivity contribution is 0.153. The predicted octanol–water partition coefficient (Wildman–Crippen LogP) is 3.23. The van der Waals surface area contributed by atoms with Crippen LogP contribution in [-0.2, 0) is 0 Å². The number of para-hydroxylation sites is 1. The van der Waals surface area contributed by atoms with Gasteiger partial charge < -0.3 is 4.98 Å². The average Bonchev–Trinajstić information content (AvgIpc) is 2.18. The lowest BCUT2D eigenvalue weighted by Crippen LogP contribution is -2.07. The van der Waals surface area contributed by atoms with Crippen molar-refractivity contribution in [2.45, 2.75) is 6.43 Å². The molecular weight excluding hydrogens is 268 g/mol. The maximum Gasteiger partial charge on any atom is 0.264 e. The number of hydrogen-bond donors (Lipinski definition) is 1. The normalized spacial score (nSPS) is 11.2. The van der Waals surface area contributed by atoms with Crippen LogP contribution in [0.4, 0.5) is 8.78 Å². The third-order valence-corrected chi connectivity index (χ3v) is 2.76. The summed E-state index contributed by atoms with van der Waals surface area (Å²) in [7, 11) is 0. The Morgan fingerprint density at radius 2 is 2.07 bits per heavy atom. The van der Waals surface area contributed by atoms with Crippen molar-refractivity contribution in [2.24, 2.45) is 0 Å². The zero-order chi connectivity index (χ0) is 11.0. The van der Waals surface area contributed by atoms with Crippen molar-refractivity contribution in [3.63, 3.8) is 0 Å². The molecule has 0 saturated heterocycles. The highest BCUT2D eigenvalue weighted by Crippen LogP contribution is 2.28. The summed E-state index contributed by atoms with van der Waals surface area (Å²) in [6, 6.07) is 5.82. The Labute approximate surface area is 92.1 Å². The Balaban J connectivity index is 2.93. The molecule has 0 radical (unpaired) electrons. The number of aromatic nitrogens is 1. The van der Waals surface area contributed by atoms with E-state index in [0.29, 0.717) is 15.4 Å². The molecule has 1 N–H and O–H groups in total. The molecule has 5 heteroatoms. The van der Waals surface area contributed by atoms with E-state index in [0.717, 1.165) is 6.07 Å². The van der Waals surface area contributed by atoms with E-state index in [4.69, 9.17) is 0 Å². The van der Waals surface area contributed by atoms with Crippen LogP contribution < -0.4 is 5.56 Å².